The Balaban J connectivity index is 1.06. The molecule has 12 rings (SSSR count). The van der Waals surface area contributed by atoms with Crippen molar-refractivity contribution in [2.75, 3.05) is 0 Å². The number of fused-ring (bicyclic) bond motifs is 8. The van der Waals surface area contributed by atoms with Gasteiger partial charge in [0.25, 0.3) is 0 Å². The molecule has 0 radical (unpaired) electrons. The topological polar surface area (TPSA) is 70.5 Å². The van der Waals surface area contributed by atoms with Gasteiger partial charge in [0.2, 0.25) is 0 Å². The van der Waals surface area contributed by atoms with Crippen LogP contribution in [-0.4, -0.2) is 9.97 Å². The maximum Gasteiger partial charge on any atom is 0.170 e. The van der Waals surface area contributed by atoms with Crippen LogP contribution in [0, 0.1) is 0 Å². The summed E-state index contributed by atoms with van der Waals surface area (Å²) >= 11 is 0. The maximum absolute atomic E-state index is 6.37. The van der Waals surface area contributed by atoms with Crippen molar-refractivity contribution in [1.29, 1.82) is 0 Å². The molecule has 0 atom stereocenters. The highest BCUT2D eigenvalue weighted by Crippen LogP contribution is 2.47. The summed E-state index contributed by atoms with van der Waals surface area (Å²) in [5.41, 5.74) is 11.8. The molecule has 0 fully saturated rings. The van der Waals surface area contributed by atoms with E-state index in [1.807, 2.05) is 103 Å². The van der Waals surface area contributed by atoms with Crippen LogP contribution in [0.3, 0.4) is 0 Å². The van der Waals surface area contributed by atoms with Crippen LogP contribution in [0.15, 0.2) is 191 Å². The van der Waals surface area contributed by atoms with Gasteiger partial charge in [0.15, 0.2) is 28.8 Å². The smallest absolute Gasteiger partial charge is 0.170 e. The normalized spacial score (nSPS) is 12.1. The lowest BCUT2D eigenvalue weighted by molar-refractivity contribution is 0.360. The molecule has 1 aliphatic heterocycles. The highest BCUT2D eigenvalue weighted by Gasteiger charge is 2.21. The number of nitrogens with zero attached hydrogens (tertiary/aromatic N) is 2. The molecule has 0 unspecified atom stereocenters. The highest BCUT2D eigenvalue weighted by atomic mass is 16.6. The fourth-order valence-corrected chi connectivity index (χ4v) is 8.07. The summed E-state index contributed by atoms with van der Waals surface area (Å²) in [6.07, 6.45) is 0. The van der Waals surface area contributed by atoms with Gasteiger partial charge in [-0.25, -0.2) is 9.97 Å². The molecular weight excluding hydrogens is 717 g/mol. The fraction of sp³-hybridized carbons (Fsp3) is 0. The van der Waals surface area contributed by atoms with E-state index in [4.69, 9.17) is 28.3 Å². The van der Waals surface area contributed by atoms with Gasteiger partial charge in [0.05, 0.1) is 11.4 Å². The molecule has 0 spiro atoms. The van der Waals surface area contributed by atoms with Crippen LogP contribution in [0.2, 0.25) is 0 Å². The van der Waals surface area contributed by atoms with E-state index in [9.17, 15) is 0 Å². The second kappa shape index (κ2) is 12.8. The molecule has 4 heterocycles. The Hall–Kier alpha value is -7.96. The van der Waals surface area contributed by atoms with Crippen LogP contribution in [0.4, 0.5) is 0 Å². The van der Waals surface area contributed by atoms with E-state index in [2.05, 4.69) is 78.9 Å². The van der Waals surface area contributed by atoms with E-state index in [0.717, 1.165) is 94.2 Å². The zero-order valence-corrected chi connectivity index (χ0v) is 30.8. The van der Waals surface area contributed by atoms with E-state index >= 15 is 0 Å². The molecule has 0 aliphatic carbocycles. The summed E-state index contributed by atoms with van der Waals surface area (Å²) in [4.78, 5) is 10.4. The van der Waals surface area contributed by atoms with E-state index < -0.39 is 0 Å². The molecule has 58 heavy (non-hydrogen) atoms. The van der Waals surface area contributed by atoms with Crippen LogP contribution in [-0.2, 0) is 0 Å². The van der Waals surface area contributed by atoms with Crippen molar-refractivity contribution < 1.29 is 18.3 Å². The standard InChI is InChI=1S/C52H30N2O4/c1-2-10-31(11-3-1)52-53-42(34-18-21-40-38-12-4-6-14-44(38)56-50(40)29-34)30-43(54-52)37-25-35(32-19-22-46-41(27-32)39-13-5-7-15-45(39)55-46)24-36(26-37)33-20-23-49-51(28-33)58-48-17-9-8-16-47(48)57-49/h1-30H. The Morgan fingerprint density at radius 2 is 0.810 bits per heavy atom. The largest absolute Gasteiger partial charge is 0.456 e. The molecule has 6 heteroatoms. The number of hydrogen-bond donors (Lipinski definition) is 0. The molecule has 0 saturated heterocycles. The number of rotatable bonds is 5. The summed E-state index contributed by atoms with van der Waals surface area (Å²) < 4.78 is 25.1. The first kappa shape index (κ1) is 32.3. The van der Waals surface area contributed by atoms with E-state index in [1.54, 1.807) is 0 Å². The summed E-state index contributed by atoms with van der Waals surface area (Å²) in [7, 11) is 0. The van der Waals surface area contributed by atoms with Crippen LogP contribution >= 0.6 is 0 Å². The number of aromatic nitrogens is 2. The van der Waals surface area contributed by atoms with E-state index in [0.29, 0.717) is 28.8 Å². The first-order valence-corrected chi connectivity index (χ1v) is 19.2. The molecule has 0 N–H and O–H groups in total. The summed E-state index contributed by atoms with van der Waals surface area (Å²) in [5, 5.41) is 4.30. The molecule has 0 amide bonds. The number of furan rings is 2. The number of ether oxygens (including phenoxy) is 2. The van der Waals surface area contributed by atoms with Gasteiger partial charge in [-0.3, -0.25) is 0 Å². The minimum absolute atomic E-state index is 0.633. The molecule has 3 aromatic heterocycles. The fourth-order valence-electron chi connectivity index (χ4n) is 8.07. The van der Waals surface area contributed by atoms with Crippen molar-refractivity contribution >= 4 is 43.9 Å². The third-order valence-electron chi connectivity index (χ3n) is 10.9. The van der Waals surface area contributed by atoms with Crippen molar-refractivity contribution in [3.05, 3.63) is 182 Å². The molecule has 0 bridgehead atoms. The van der Waals surface area contributed by atoms with Gasteiger partial charge in [-0.05, 0) is 107 Å². The van der Waals surface area contributed by atoms with Crippen molar-refractivity contribution in [2.45, 2.75) is 0 Å². The van der Waals surface area contributed by atoms with Gasteiger partial charge in [-0.15, -0.1) is 0 Å². The van der Waals surface area contributed by atoms with Crippen LogP contribution in [0.25, 0.3) is 100 Å². The van der Waals surface area contributed by atoms with Gasteiger partial charge in [-0.1, -0.05) is 97.1 Å². The first-order valence-electron chi connectivity index (χ1n) is 19.2. The van der Waals surface area contributed by atoms with Crippen molar-refractivity contribution in [1.82, 2.24) is 9.97 Å². The van der Waals surface area contributed by atoms with Crippen molar-refractivity contribution in [3.8, 4) is 79.2 Å². The quantitative estimate of drug-likeness (QED) is 0.175. The minimum atomic E-state index is 0.633. The lowest BCUT2D eigenvalue weighted by Crippen LogP contribution is -1.99. The summed E-state index contributed by atoms with van der Waals surface area (Å²) in [5.74, 6) is 3.35. The molecule has 0 saturated carbocycles. The monoisotopic (exact) mass is 746 g/mol. The number of benzene rings is 8. The summed E-state index contributed by atoms with van der Waals surface area (Å²) in [6.45, 7) is 0. The molecule has 272 valence electrons. The Labute approximate surface area is 332 Å². The lowest BCUT2D eigenvalue weighted by atomic mass is 9.93. The van der Waals surface area contributed by atoms with E-state index in [-0.39, 0.29) is 0 Å². The zero-order chi connectivity index (χ0) is 38.2. The van der Waals surface area contributed by atoms with Gasteiger partial charge >= 0.3 is 0 Å². The van der Waals surface area contributed by atoms with Gasteiger partial charge in [0.1, 0.15) is 22.3 Å². The minimum Gasteiger partial charge on any atom is -0.456 e. The Morgan fingerprint density at radius 1 is 0.276 bits per heavy atom. The molecule has 11 aromatic rings. The lowest BCUT2D eigenvalue weighted by Gasteiger charge is -2.21. The first-order chi connectivity index (χ1) is 28.7. The predicted octanol–water partition coefficient (Wildman–Crippen LogP) is 14.5. The third kappa shape index (κ3) is 5.42. The SMILES string of the molecule is c1ccc(-c2nc(-c3cc(-c4ccc5c(c4)Oc4ccccc4O5)cc(-c4ccc5oc6ccccc6c5c4)c3)cc(-c3ccc4c(c3)oc3ccccc34)n2)cc1. The summed E-state index contributed by atoms with van der Waals surface area (Å²) in [6, 6.07) is 61.7. The second-order valence-corrected chi connectivity index (χ2v) is 14.6. The molecule has 6 nitrogen and oxygen atoms in total. The zero-order valence-electron chi connectivity index (χ0n) is 30.8. The highest BCUT2D eigenvalue weighted by molar-refractivity contribution is 6.07. The third-order valence-corrected chi connectivity index (χ3v) is 10.9. The number of hydrogen-bond acceptors (Lipinski definition) is 6. The molecule has 8 aromatic carbocycles. The Bertz CT molecular complexity index is 3420. The van der Waals surface area contributed by atoms with Gasteiger partial charge in [0, 0.05) is 38.2 Å². The van der Waals surface area contributed by atoms with Gasteiger partial charge < -0.3 is 18.3 Å². The molecule has 1 aliphatic rings. The predicted molar refractivity (Wildman–Crippen MR) is 230 cm³/mol. The van der Waals surface area contributed by atoms with Crippen molar-refractivity contribution in [2.24, 2.45) is 0 Å². The maximum atomic E-state index is 6.37. The van der Waals surface area contributed by atoms with Crippen LogP contribution in [0.1, 0.15) is 0 Å². The average Bonchev–Trinajstić information content (AvgIpc) is 3.86. The average molecular weight is 747 g/mol. The number of para-hydroxylation sites is 4. The van der Waals surface area contributed by atoms with Crippen LogP contribution in [0.5, 0.6) is 23.0 Å². The van der Waals surface area contributed by atoms with E-state index in [1.165, 1.54) is 0 Å². The van der Waals surface area contributed by atoms with Crippen molar-refractivity contribution in [3.63, 3.8) is 0 Å². The van der Waals surface area contributed by atoms with Crippen LogP contribution < -0.4 is 9.47 Å². The van der Waals surface area contributed by atoms with Gasteiger partial charge in [-0.2, -0.15) is 0 Å². The Kier molecular flexibility index (Phi) is 7.13. The second-order valence-electron chi connectivity index (χ2n) is 14.6. The Morgan fingerprint density at radius 3 is 1.59 bits per heavy atom. The molecular formula is C52H30N2O4.